The van der Waals surface area contributed by atoms with Crippen molar-refractivity contribution in [1.29, 1.82) is 0 Å². The van der Waals surface area contributed by atoms with Crippen molar-refractivity contribution in [3.8, 4) is 0 Å². The molecule has 0 bridgehead atoms. The lowest BCUT2D eigenvalue weighted by atomic mass is 9.47. The summed E-state index contributed by atoms with van der Waals surface area (Å²) in [5.41, 5.74) is -4.02. The maximum atomic E-state index is 12.9. The zero-order valence-corrected chi connectivity index (χ0v) is 17.9. The van der Waals surface area contributed by atoms with Gasteiger partial charge in [-0.25, -0.2) is 13.2 Å². The average molecular weight is 440 g/mol. The molecule has 4 aliphatic heterocycles. The number of hydrogen-bond acceptors (Lipinski definition) is 9. The van der Waals surface area contributed by atoms with E-state index in [0.29, 0.717) is 12.0 Å². The minimum absolute atomic E-state index is 0.122. The number of fused-ring (bicyclic) bond motifs is 4. The zero-order valence-electron chi connectivity index (χ0n) is 17.1. The second-order valence-corrected chi connectivity index (χ2v) is 12.6. The summed E-state index contributed by atoms with van der Waals surface area (Å²) in [6, 6.07) is 0. The lowest BCUT2D eigenvalue weighted by molar-refractivity contribution is -0.169. The van der Waals surface area contributed by atoms with E-state index in [1.165, 1.54) is 13.0 Å². The molecule has 9 nitrogen and oxygen atoms in total. The molecule has 5 fully saturated rings. The van der Waals surface area contributed by atoms with Gasteiger partial charge in [0, 0.05) is 23.7 Å². The molecule has 164 valence electrons. The van der Waals surface area contributed by atoms with Crippen LogP contribution >= 0.6 is 0 Å². The molecule has 2 saturated carbocycles. The monoisotopic (exact) mass is 440 g/mol. The van der Waals surface area contributed by atoms with E-state index in [1.54, 1.807) is 0 Å². The van der Waals surface area contributed by atoms with Crippen LogP contribution in [0.15, 0.2) is 11.6 Å². The molecule has 0 radical (unpaired) electrons. The molecule has 4 heterocycles. The lowest BCUT2D eigenvalue weighted by Gasteiger charge is -2.53. The third kappa shape index (κ3) is 2.02. The van der Waals surface area contributed by atoms with Gasteiger partial charge in [0.2, 0.25) is 0 Å². The lowest BCUT2D eigenvalue weighted by Crippen LogP contribution is -2.66. The van der Waals surface area contributed by atoms with Gasteiger partial charge >= 0.3 is 11.9 Å². The first-order valence-corrected chi connectivity index (χ1v) is 12.2. The van der Waals surface area contributed by atoms with Crippen LogP contribution in [-0.2, 0) is 38.4 Å². The standard InChI is InChI=1S/C20H24O9S/c1-17-6-8-13(26-8)19(3)9-5-10(21)27-15(18(2,23)7-30(4,24)25)20(9)14(29-20)11(12(17)19)28-16(17)22/h5,8,11-15,23H,6-7H2,1-4H3. The maximum Gasteiger partial charge on any atom is 0.331 e. The average Bonchev–Trinajstić information content (AvgIpc) is 3.47. The van der Waals surface area contributed by atoms with Crippen molar-refractivity contribution >= 4 is 21.8 Å². The van der Waals surface area contributed by atoms with Gasteiger partial charge in [-0.15, -0.1) is 0 Å². The molecular weight excluding hydrogens is 416 g/mol. The summed E-state index contributed by atoms with van der Waals surface area (Å²) in [5.74, 6) is -1.83. The van der Waals surface area contributed by atoms with Crippen molar-refractivity contribution in [3.05, 3.63) is 11.6 Å². The van der Waals surface area contributed by atoms with E-state index in [4.69, 9.17) is 18.9 Å². The normalized spacial score (nSPS) is 54.4. The Morgan fingerprint density at radius 1 is 1.23 bits per heavy atom. The van der Waals surface area contributed by atoms with Gasteiger partial charge in [-0.3, -0.25) is 4.79 Å². The van der Waals surface area contributed by atoms with Crippen molar-refractivity contribution in [2.24, 2.45) is 16.7 Å². The predicted molar refractivity (Wildman–Crippen MR) is 98.8 cm³/mol. The fraction of sp³-hybridized carbons (Fsp3) is 0.800. The number of esters is 2. The second kappa shape index (κ2) is 4.95. The Balaban J connectivity index is 1.53. The maximum absolute atomic E-state index is 12.9. The molecule has 6 aliphatic rings. The number of sulfone groups is 1. The van der Waals surface area contributed by atoms with Crippen LogP contribution in [0.4, 0.5) is 0 Å². The number of rotatable bonds is 3. The molecule has 3 saturated heterocycles. The molecule has 10 heteroatoms. The molecule has 0 aromatic heterocycles. The zero-order chi connectivity index (χ0) is 21.6. The molecule has 0 aromatic carbocycles. The highest BCUT2D eigenvalue weighted by molar-refractivity contribution is 7.90. The molecule has 10 unspecified atom stereocenters. The number of aliphatic hydroxyl groups is 1. The fourth-order valence-corrected chi connectivity index (χ4v) is 8.52. The van der Waals surface area contributed by atoms with E-state index in [2.05, 4.69) is 0 Å². The summed E-state index contributed by atoms with van der Waals surface area (Å²) in [6.45, 7) is 5.17. The third-order valence-electron chi connectivity index (χ3n) is 8.16. The third-order valence-corrected chi connectivity index (χ3v) is 9.27. The topological polar surface area (TPSA) is 132 Å². The van der Waals surface area contributed by atoms with Crippen molar-refractivity contribution in [3.63, 3.8) is 0 Å². The molecule has 2 aliphatic carbocycles. The highest BCUT2D eigenvalue weighted by Gasteiger charge is 2.88. The molecule has 0 amide bonds. The summed E-state index contributed by atoms with van der Waals surface area (Å²) in [4.78, 5) is 25.5. The quantitative estimate of drug-likeness (QED) is 0.456. The van der Waals surface area contributed by atoms with Gasteiger partial charge in [0.25, 0.3) is 0 Å². The van der Waals surface area contributed by atoms with Crippen LogP contribution in [0.3, 0.4) is 0 Å². The second-order valence-electron chi connectivity index (χ2n) is 10.5. The van der Waals surface area contributed by atoms with E-state index in [9.17, 15) is 23.1 Å². The van der Waals surface area contributed by atoms with E-state index < -0.39 is 61.9 Å². The number of ether oxygens (including phenoxy) is 4. The van der Waals surface area contributed by atoms with Crippen LogP contribution < -0.4 is 0 Å². The summed E-state index contributed by atoms with van der Waals surface area (Å²) in [7, 11) is -3.59. The fourth-order valence-electron chi connectivity index (χ4n) is 7.30. The van der Waals surface area contributed by atoms with Crippen LogP contribution in [0.2, 0.25) is 0 Å². The minimum Gasteiger partial charge on any atom is -0.459 e. The van der Waals surface area contributed by atoms with Gasteiger partial charge in [0.15, 0.2) is 11.7 Å². The number of carbonyl (C=O) groups excluding carboxylic acids is 2. The van der Waals surface area contributed by atoms with Crippen LogP contribution in [-0.4, -0.2) is 79.2 Å². The van der Waals surface area contributed by atoms with Gasteiger partial charge in [0.1, 0.15) is 27.6 Å². The van der Waals surface area contributed by atoms with Crippen molar-refractivity contribution in [1.82, 2.24) is 0 Å². The highest BCUT2D eigenvalue weighted by atomic mass is 32.2. The molecular formula is C20H24O9S. The first kappa shape index (κ1) is 19.2. The van der Waals surface area contributed by atoms with Crippen LogP contribution in [0.5, 0.6) is 0 Å². The molecule has 1 N–H and O–H groups in total. The minimum atomic E-state index is -3.59. The van der Waals surface area contributed by atoms with E-state index >= 15 is 0 Å². The Kier molecular flexibility index (Phi) is 3.17. The smallest absolute Gasteiger partial charge is 0.331 e. The first-order chi connectivity index (χ1) is 13.7. The van der Waals surface area contributed by atoms with Crippen LogP contribution in [0, 0.1) is 16.7 Å². The van der Waals surface area contributed by atoms with Crippen molar-refractivity contribution in [2.75, 3.05) is 12.0 Å². The van der Waals surface area contributed by atoms with Gasteiger partial charge in [-0.2, -0.15) is 0 Å². The summed E-state index contributed by atoms with van der Waals surface area (Å²) in [5, 5.41) is 11.1. The van der Waals surface area contributed by atoms with Gasteiger partial charge in [0.05, 0.1) is 23.4 Å². The van der Waals surface area contributed by atoms with Gasteiger partial charge < -0.3 is 24.1 Å². The Bertz CT molecular complexity index is 1050. The number of hydrogen-bond donors (Lipinski definition) is 1. The largest absolute Gasteiger partial charge is 0.459 e. The molecule has 30 heavy (non-hydrogen) atoms. The van der Waals surface area contributed by atoms with Crippen LogP contribution in [0.1, 0.15) is 27.2 Å². The molecule has 6 rings (SSSR count). The van der Waals surface area contributed by atoms with E-state index in [0.717, 1.165) is 6.26 Å². The van der Waals surface area contributed by atoms with E-state index in [-0.39, 0.29) is 24.1 Å². The van der Waals surface area contributed by atoms with Crippen molar-refractivity contribution in [2.45, 2.75) is 68.9 Å². The van der Waals surface area contributed by atoms with E-state index in [1.807, 2.05) is 13.8 Å². The Hall–Kier alpha value is -1.49. The van der Waals surface area contributed by atoms with Crippen molar-refractivity contribution < 1.29 is 42.1 Å². The Morgan fingerprint density at radius 2 is 1.93 bits per heavy atom. The summed E-state index contributed by atoms with van der Waals surface area (Å²) in [6.07, 6.45) is 0.180. The number of cyclic esters (lactones) is 1. The van der Waals surface area contributed by atoms with Gasteiger partial charge in [-0.1, -0.05) is 6.92 Å². The summed E-state index contributed by atoms with van der Waals surface area (Å²) >= 11 is 0. The Labute approximate surface area is 173 Å². The molecule has 10 atom stereocenters. The SMILES string of the molecule is CC(O)(CS(C)(=O)=O)C1OC(=O)C=C2C3(C)C4OC4CC4(C)C(=O)OC(C43)C3OC231. The summed E-state index contributed by atoms with van der Waals surface area (Å²) < 4.78 is 47.4. The Morgan fingerprint density at radius 3 is 2.60 bits per heavy atom. The van der Waals surface area contributed by atoms with Gasteiger partial charge in [-0.05, 0) is 25.8 Å². The van der Waals surface area contributed by atoms with Crippen LogP contribution in [0.25, 0.3) is 0 Å². The number of carbonyl (C=O) groups is 2. The predicted octanol–water partition coefficient (Wildman–Crippen LogP) is -0.490. The first-order valence-electron chi connectivity index (χ1n) is 10.1. The molecule has 1 spiro atoms. The molecule has 0 aromatic rings. The number of epoxide rings is 2. The highest BCUT2D eigenvalue weighted by Crippen LogP contribution is 2.75.